The minimum atomic E-state index is -4.38. The van der Waals surface area contributed by atoms with Gasteiger partial charge in [0.15, 0.2) is 11.5 Å². The minimum Gasteiger partial charge on any atom is -0.497 e. The highest BCUT2D eigenvalue weighted by molar-refractivity contribution is 7.92. The Bertz CT molecular complexity index is 1820. The first kappa shape index (κ1) is 37.1. The molecule has 1 N–H and O–H groups in total. The Morgan fingerprint density at radius 3 is 2.10 bits per heavy atom. The van der Waals surface area contributed by atoms with Crippen LogP contribution in [0.1, 0.15) is 25.0 Å². The molecule has 0 aromatic heterocycles. The summed E-state index contributed by atoms with van der Waals surface area (Å²) in [5.74, 6) is 0.340. The van der Waals surface area contributed by atoms with Gasteiger partial charge in [0.2, 0.25) is 11.8 Å². The average molecular weight is 708 g/mol. The van der Waals surface area contributed by atoms with Crippen LogP contribution in [0.5, 0.6) is 17.2 Å². The molecule has 49 heavy (non-hydrogen) atoms. The van der Waals surface area contributed by atoms with Crippen LogP contribution in [0.2, 0.25) is 5.02 Å². The number of hydrogen-bond donors (Lipinski definition) is 1. The highest BCUT2D eigenvalue weighted by atomic mass is 35.5. The van der Waals surface area contributed by atoms with Gasteiger partial charge in [0.05, 0.1) is 31.9 Å². The van der Waals surface area contributed by atoms with Crippen LogP contribution in [-0.2, 0) is 32.6 Å². The number of hydrogen-bond acceptors (Lipinski definition) is 7. The molecular weight excluding hydrogens is 666 g/mol. The van der Waals surface area contributed by atoms with E-state index in [-0.39, 0.29) is 41.1 Å². The number of carbonyl (C=O) groups is 2. The van der Waals surface area contributed by atoms with Crippen LogP contribution in [0.4, 0.5) is 5.69 Å². The number of benzene rings is 4. The molecule has 0 aliphatic rings. The fraction of sp³-hybridized carbons (Fsp3) is 0.297. The highest BCUT2D eigenvalue weighted by Crippen LogP contribution is 2.33. The number of nitrogens with zero attached hydrogens (tertiary/aromatic N) is 2. The molecule has 4 rings (SSSR count). The van der Waals surface area contributed by atoms with Gasteiger partial charge < -0.3 is 24.4 Å². The molecule has 4 aromatic carbocycles. The number of rotatable bonds is 16. The molecule has 0 radical (unpaired) electrons. The van der Waals surface area contributed by atoms with Crippen LogP contribution in [0.3, 0.4) is 0 Å². The van der Waals surface area contributed by atoms with E-state index in [4.69, 9.17) is 25.8 Å². The number of methoxy groups -OCH3 is 3. The van der Waals surface area contributed by atoms with Crippen LogP contribution < -0.4 is 23.8 Å². The van der Waals surface area contributed by atoms with E-state index in [2.05, 4.69) is 5.32 Å². The van der Waals surface area contributed by atoms with Crippen LogP contribution in [-0.4, -0.2) is 65.6 Å². The second-order valence-corrected chi connectivity index (χ2v) is 14.0. The maximum Gasteiger partial charge on any atom is 0.264 e. The van der Waals surface area contributed by atoms with Crippen molar-refractivity contribution in [1.29, 1.82) is 0 Å². The number of amides is 2. The molecule has 0 aliphatic carbocycles. The smallest absolute Gasteiger partial charge is 0.264 e. The van der Waals surface area contributed by atoms with E-state index in [1.165, 1.54) is 49.5 Å². The quantitative estimate of drug-likeness (QED) is 0.153. The Morgan fingerprint density at radius 2 is 1.47 bits per heavy atom. The summed E-state index contributed by atoms with van der Waals surface area (Å²) in [7, 11) is 0.0223. The molecule has 0 fully saturated rings. The lowest BCUT2D eigenvalue weighted by Gasteiger charge is -2.34. The van der Waals surface area contributed by atoms with Gasteiger partial charge in [0, 0.05) is 30.6 Å². The number of carbonyl (C=O) groups excluding carboxylic acids is 2. The molecule has 0 saturated heterocycles. The molecular formula is C37H42ClN3O7S. The van der Waals surface area contributed by atoms with E-state index in [0.29, 0.717) is 28.6 Å². The highest BCUT2D eigenvalue weighted by Gasteiger charge is 2.35. The number of nitrogens with one attached hydrogen (secondary N) is 1. The summed E-state index contributed by atoms with van der Waals surface area (Å²) in [6.07, 6.45) is 0.198. The third-order valence-corrected chi connectivity index (χ3v) is 9.80. The third-order valence-electron chi connectivity index (χ3n) is 7.78. The third kappa shape index (κ3) is 9.67. The average Bonchev–Trinajstić information content (AvgIpc) is 3.11. The molecule has 0 unspecified atom stereocenters. The summed E-state index contributed by atoms with van der Waals surface area (Å²) >= 11 is 6.17. The first-order chi connectivity index (χ1) is 23.5. The SMILES string of the molecule is COc1cccc(CN(C(=O)CN(c2ccc(Cl)cc2)S(=O)(=O)c2ccc(OC)c(OC)c2)[C@H](Cc2ccccc2)C(=O)NCC(C)C)c1. The van der Waals surface area contributed by atoms with Crippen LogP contribution in [0.15, 0.2) is 102 Å². The van der Waals surface area contributed by atoms with Crippen molar-refractivity contribution in [2.24, 2.45) is 5.92 Å². The van der Waals surface area contributed by atoms with Crippen molar-refractivity contribution in [3.05, 3.63) is 113 Å². The zero-order valence-corrected chi connectivity index (χ0v) is 29.8. The lowest BCUT2D eigenvalue weighted by molar-refractivity contribution is -0.140. The molecule has 12 heteroatoms. The van der Waals surface area contributed by atoms with Gasteiger partial charge in [-0.2, -0.15) is 0 Å². The lowest BCUT2D eigenvalue weighted by Crippen LogP contribution is -2.53. The molecule has 10 nitrogen and oxygen atoms in total. The van der Waals surface area contributed by atoms with Gasteiger partial charge in [0.1, 0.15) is 18.3 Å². The van der Waals surface area contributed by atoms with Crippen molar-refractivity contribution in [1.82, 2.24) is 10.2 Å². The van der Waals surface area contributed by atoms with E-state index >= 15 is 0 Å². The predicted molar refractivity (Wildman–Crippen MR) is 191 cm³/mol. The summed E-state index contributed by atoms with van der Waals surface area (Å²) in [5, 5.41) is 3.38. The second kappa shape index (κ2) is 17.1. The van der Waals surface area contributed by atoms with Crippen molar-refractivity contribution in [3.8, 4) is 17.2 Å². The monoisotopic (exact) mass is 707 g/mol. The fourth-order valence-corrected chi connectivity index (χ4v) is 6.74. The number of anilines is 1. The van der Waals surface area contributed by atoms with Crippen molar-refractivity contribution < 1.29 is 32.2 Å². The topological polar surface area (TPSA) is 114 Å². The van der Waals surface area contributed by atoms with Crippen molar-refractivity contribution in [2.75, 3.05) is 38.7 Å². The molecule has 4 aromatic rings. The number of halogens is 1. The van der Waals surface area contributed by atoms with E-state index in [9.17, 15) is 18.0 Å². The Hall–Kier alpha value is -4.74. The molecule has 0 saturated carbocycles. The maximum absolute atomic E-state index is 14.7. The molecule has 0 aliphatic heterocycles. The zero-order chi connectivity index (χ0) is 35.6. The van der Waals surface area contributed by atoms with Crippen molar-refractivity contribution in [3.63, 3.8) is 0 Å². The Balaban J connectivity index is 1.83. The van der Waals surface area contributed by atoms with Gasteiger partial charge in [-0.25, -0.2) is 8.42 Å². The molecule has 0 heterocycles. The molecule has 0 bridgehead atoms. The number of ether oxygens (including phenoxy) is 3. The summed E-state index contributed by atoms with van der Waals surface area (Å²) in [6.45, 7) is 3.75. The van der Waals surface area contributed by atoms with Gasteiger partial charge in [-0.15, -0.1) is 0 Å². The van der Waals surface area contributed by atoms with Crippen LogP contribution >= 0.6 is 11.6 Å². The molecule has 2 amide bonds. The van der Waals surface area contributed by atoms with Gasteiger partial charge in [-0.3, -0.25) is 13.9 Å². The predicted octanol–water partition coefficient (Wildman–Crippen LogP) is 5.97. The van der Waals surface area contributed by atoms with Gasteiger partial charge >= 0.3 is 0 Å². The van der Waals surface area contributed by atoms with E-state index < -0.39 is 28.5 Å². The van der Waals surface area contributed by atoms with E-state index in [1.807, 2.05) is 50.2 Å². The molecule has 260 valence electrons. The summed E-state index contributed by atoms with van der Waals surface area (Å²) < 4.78 is 45.9. The maximum atomic E-state index is 14.7. The normalized spacial score (nSPS) is 11.8. The second-order valence-electron chi connectivity index (χ2n) is 11.7. The van der Waals surface area contributed by atoms with Crippen molar-refractivity contribution in [2.45, 2.75) is 37.8 Å². The summed E-state index contributed by atoms with van der Waals surface area (Å²) in [6, 6.07) is 25.9. The minimum absolute atomic E-state index is 0.00744. The van der Waals surface area contributed by atoms with E-state index in [0.717, 1.165) is 9.87 Å². The van der Waals surface area contributed by atoms with Gasteiger partial charge in [0.25, 0.3) is 10.0 Å². The lowest BCUT2D eigenvalue weighted by atomic mass is 10.0. The zero-order valence-electron chi connectivity index (χ0n) is 28.3. The van der Waals surface area contributed by atoms with Crippen LogP contribution in [0, 0.1) is 5.92 Å². The Kier molecular flexibility index (Phi) is 12.9. The Morgan fingerprint density at radius 1 is 0.796 bits per heavy atom. The standard InChI is InChI=1S/C37H42ClN3O7S/c1-26(2)23-39-37(43)33(21-27-10-7-6-8-11-27)40(24-28-12-9-13-31(20-28)46-3)36(42)25-41(30-16-14-29(38)15-17-30)49(44,45)32-18-19-34(47-4)35(22-32)48-5/h6-20,22,26,33H,21,23-25H2,1-5H3,(H,39,43)/t33-/m1/s1. The molecule has 0 spiro atoms. The summed E-state index contributed by atoms with van der Waals surface area (Å²) in [5.41, 5.74) is 1.74. The van der Waals surface area contributed by atoms with Gasteiger partial charge in [-0.1, -0.05) is 67.9 Å². The van der Waals surface area contributed by atoms with Crippen molar-refractivity contribution >= 4 is 39.1 Å². The van der Waals surface area contributed by atoms with Crippen LogP contribution in [0.25, 0.3) is 0 Å². The van der Waals surface area contributed by atoms with E-state index in [1.54, 1.807) is 37.4 Å². The Labute approximate surface area is 293 Å². The summed E-state index contributed by atoms with van der Waals surface area (Å²) in [4.78, 5) is 29.9. The number of sulfonamides is 1. The van der Waals surface area contributed by atoms with Gasteiger partial charge in [-0.05, 0) is 65.6 Å². The largest absolute Gasteiger partial charge is 0.497 e. The fourth-order valence-electron chi connectivity index (χ4n) is 5.18. The molecule has 1 atom stereocenters. The first-order valence-corrected chi connectivity index (χ1v) is 17.5. The first-order valence-electron chi connectivity index (χ1n) is 15.7.